The van der Waals surface area contributed by atoms with Crippen LogP contribution in [0.15, 0.2) is 54.1 Å². The normalized spacial score (nSPS) is 18.1. The molecule has 0 spiro atoms. The third-order valence-electron chi connectivity index (χ3n) is 5.06. The minimum absolute atomic E-state index is 0.0890. The van der Waals surface area contributed by atoms with E-state index in [4.69, 9.17) is 16.3 Å². The first-order valence-corrected chi connectivity index (χ1v) is 10.6. The molecule has 0 bridgehead atoms. The highest BCUT2D eigenvalue weighted by atomic mass is 35.5. The van der Waals surface area contributed by atoms with E-state index < -0.39 is 17.7 Å². The summed E-state index contributed by atoms with van der Waals surface area (Å²) in [7, 11) is 0. The Morgan fingerprint density at radius 3 is 2.50 bits per heavy atom. The fraction of sp³-hybridized carbons (Fsp3) is 0.333. The third kappa shape index (κ3) is 4.51. The number of benzene rings is 2. The molecule has 5 nitrogen and oxygen atoms in total. The van der Waals surface area contributed by atoms with Crippen LogP contribution in [-0.2, 0) is 9.59 Å². The number of aliphatic hydroxyl groups is 1. The highest BCUT2D eigenvalue weighted by molar-refractivity contribution is 6.46. The fourth-order valence-corrected chi connectivity index (χ4v) is 3.67. The zero-order valence-electron chi connectivity index (χ0n) is 17.2. The molecule has 0 aliphatic carbocycles. The number of rotatable bonds is 8. The predicted molar refractivity (Wildman–Crippen MR) is 118 cm³/mol. The van der Waals surface area contributed by atoms with E-state index in [0.29, 0.717) is 29.5 Å². The molecular formula is C24H26ClNO4. The first-order chi connectivity index (χ1) is 14.5. The van der Waals surface area contributed by atoms with E-state index in [-0.39, 0.29) is 11.3 Å². The van der Waals surface area contributed by atoms with Gasteiger partial charge in [-0.3, -0.25) is 9.59 Å². The van der Waals surface area contributed by atoms with Crippen LogP contribution >= 0.6 is 11.6 Å². The van der Waals surface area contributed by atoms with Crippen LogP contribution in [0.4, 0.5) is 0 Å². The largest absolute Gasteiger partial charge is 0.507 e. The average Bonchev–Trinajstić information content (AvgIpc) is 3.01. The molecule has 1 aliphatic heterocycles. The van der Waals surface area contributed by atoms with Gasteiger partial charge in [0.25, 0.3) is 11.7 Å². The van der Waals surface area contributed by atoms with Gasteiger partial charge in [0.1, 0.15) is 11.5 Å². The van der Waals surface area contributed by atoms with Crippen molar-refractivity contribution in [1.29, 1.82) is 0 Å². The van der Waals surface area contributed by atoms with E-state index >= 15 is 0 Å². The number of carbonyl (C=O) groups excluding carboxylic acids is 2. The van der Waals surface area contributed by atoms with E-state index in [1.165, 1.54) is 0 Å². The maximum absolute atomic E-state index is 12.9. The minimum atomic E-state index is -0.677. The van der Waals surface area contributed by atoms with Gasteiger partial charge >= 0.3 is 0 Å². The number of unbranched alkanes of at least 4 members (excludes halogenated alkanes) is 1. The SMILES string of the molecule is CCCCN1C(=O)C(=O)/C(=C(\O)c2ccc(Cl)cc2)C1c1cccc(OCCC)c1. The molecule has 1 fully saturated rings. The van der Waals surface area contributed by atoms with Gasteiger partial charge < -0.3 is 14.7 Å². The molecule has 30 heavy (non-hydrogen) atoms. The second-order valence-electron chi connectivity index (χ2n) is 7.27. The lowest BCUT2D eigenvalue weighted by Gasteiger charge is -2.25. The van der Waals surface area contributed by atoms with Crippen molar-refractivity contribution in [1.82, 2.24) is 4.90 Å². The molecule has 3 rings (SSSR count). The van der Waals surface area contributed by atoms with Gasteiger partial charge in [0, 0.05) is 17.1 Å². The molecule has 1 atom stereocenters. The van der Waals surface area contributed by atoms with Crippen LogP contribution in [0, 0.1) is 0 Å². The van der Waals surface area contributed by atoms with Crippen LogP contribution in [0.2, 0.25) is 5.02 Å². The smallest absolute Gasteiger partial charge is 0.295 e. The number of nitrogens with zero attached hydrogens (tertiary/aromatic N) is 1. The van der Waals surface area contributed by atoms with Gasteiger partial charge in [-0.2, -0.15) is 0 Å². The van der Waals surface area contributed by atoms with E-state index in [9.17, 15) is 14.7 Å². The van der Waals surface area contributed by atoms with Gasteiger partial charge in [0.2, 0.25) is 0 Å². The van der Waals surface area contributed by atoms with Crippen molar-refractivity contribution in [3.8, 4) is 5.75 Å². The summed E-state index contributed by atoms with van der Waals surface area (Å²) in [4.78, 5) is 27.3. The number of hydrogen-bond donors (Lipinski definition) is 1. The van der Waals surface area contributed by atoms with E-state index in [1.807, 2.05) is 38.1 Å². The Kier molecular flexibility index (Phi) is 7.16. The highest BCUT2D eigenvalue weighted by Crippen LogP contribution is 2.40. The second-order valence-corrected chi connectivity index (χ2v) is 7.71. The van der Waals surface area contributed by atoms with Gasteiger partial charge in [0.05, 0.1) is 18.2 Å². The number of carbonyl (C=O) groups is 2. The van der Waals surface area contributed by atoms with Gasteiger partial charge in [-0.25, -0.2) is 0 Å². The highest BCUT2D eigenvalue weighted by Gasteiger charge is 2.45. The van der Waals surface area contributed by atoms with Gasteiger partial charge in [0.15, 0.2) is 0 Å². The van der Waals surface area contributed by atoms with Crippen molar-refractivity contribution in [2.45, 2.75) is 39.2 Å². The summed E-state index contributed by atoms with van der Waals surface area (Å²) >= 11 is 5.95. The Morgan fingerprint density at radius 1 is 1.10 bits per heavy atom. The Morgan fingerprint density at radius 2 is 1.83 bits per heavy atom. The van der Waals surface area contributed by atoms with Gasteiger partial charge in [-0.05, 0) is 54.8 Å². The molecule has 6 heteroatoms. The van der Waals surface area contributed by atoms with E-state index in [0.717, 1.165) is 24.8 Å². The molecule has 1 heterocycles. The van der Waals surface area contributed by atoms with E-state index in [2.05, 4.69) is 0 Å². The third-order valence-corrected chi connectivity index (χ3v) is 5.31. The number of aliphatic hydroxyl groups excluding tert-OH is 1. The van der Waals surface area contributed by atoms with Crippen LogP contribution in [0.25, 0.3) is 5.76 Å². The summed E-state index contributed by atoms with van der Waals surface area (Å²) in [6.45, 7) is 5.06. The number of likely N-dealkylation sites (tertiary alicyclic amines) is 1. The Balaban J connectivity index is 2.11. The van der Waals surface area contributed by atoms with Crippen molar-refractivity contribution >= 4 is 29.1 Å². The molecule has 158 valence electrons. The van der Waals surface area contributed by atoms with Crippen molar-refractivity contribution < 1.29 is 19.4 Å². The van der Waals surface area contributed by atoms with Crippen molar-refractivity contribution in [3.63, 3.8) is 0 Å². The lowest BCUT2D eigenvalue weighted by atomic mass is 9.95. The molecule has 0 saturated carbocycles. The van der Waals surface area contributed by atoms with Crippen molar-refractivity contribution in [3.05, 3.63) is 70.3 Å². The maximum atomic E-state index is 12.9. The zero-order chi connectivity index (χ0) is 21.7. The van der Waals surface area contributed by atoms with Crippen molar-refractivity contribution in [2.24, 2.45) is 0 Å². The molecule has 2 aromatic carbocycles. The van der Waals surface area contributed by atoms with E-state index in [1.54, 1.807) is 29.2 Å². The second kappa shape index (κ2) is 9.81. The summed E-state index contributed by atoms with van der Waals surface area (Å²) in [6, 6.07) is 13.2. The molecule has 0 aromatic heterocycles. The zero-order valence-corrected chi connectivity index (χ0v) is 18.0. The number of ether oxygens (including phenoxy) is 1. The van der Waals surface area contributed by atoms with Crippen LogP contribution in [0.5, 0.6) is 5.75 Å². The summed E-state index contributed by atoms with van der Waals surface area (Å²) in [6.07, 6.45) is 2.51. The molecule has 1 aliphatic rings. The monoisotopic (exact) mass is 427 g/mol. The molecular weight excluding hydrogens is 402 g/mol. The molecule has 1 saturated heterocycles. The Hall–Kier alpha value is -2.79. The Labute approximate surface area is 181 Å². The molecule has 1 amide bonds. The average molecular weight is 428 g/mol. The lowest BCUT2D eigenvalue weighted by molar-refractivity contribution is -0.139. The van der Waals surface area contributed by atoms with Crippen LogP contribution in [0.3, 0.4) is 0 Å². The van der Waals surface area contributed by atoms with Crippen LogP contribution < -0.4 is 4.74 Å². The fourth-order valence-electron chi connectivity index (χ4n) is 3.54. The van der Waals surface area contributed by atoms with Crippen LogP contribution in [-0.4, -0.2) is 34.8 Å². The Bertz CT molecular complexity index is 952. The topological polar surface area (TPSA) is 66.8 Å². The molecule has 1 unspecified atom stereocenters. The van der Waals surface area contributed by atoms with Crippen molar-refractivity contribution in [2.75, 3.05) is 13.2 Å². The number of ketones is 1. The molecule has 2 aromatic rings. The summed E-state index contributed by atoms with van der Waals surface area (Å²) < 4.78 is 5.74. The lowest BCUT2D eigenvalue weighted by Crippen LogP contribution is -2.30. The maximum Gasteiger partial charge on any atom is 0.295 e. The number of Topliss-reactive ketones (excluding diaryl/α,β-unsaturated/α-hetero) is 1. The van der Waals surface area contributed by atoms with Crippen LogP contribution in [0.1, 0.15) is 50.3 Å². The molecule has 0 radical (unpaired) electrons. The number of amides is 1. The summed E-state index contributed by atoms with van der Waals surface area (Å²) in [5.74, 6) is -0.803. The number of hydrogen-bond acceptors (Lipinski definition) is 4. The first-order valence-electron chi connectivity index (χ1n) is 10.2. The first kappa shape index (κ1) is 21.9. The minimum Gasteiger partial charge on any atom is -0.507 e. The standard InChI is InChI=1S/C24H26ClNO4/c1-3-5-13-26-21(17-7-6-8-19(15-17)30-14-4-2)20(23(28)24(26)29)22(27)16-9-11-18(25)12-10-16/h6-12,15,21,27H,3-5,13-14H2,1-2H3/b22-20-. The van der Waals surface area contributed by atoms with Gasteiger partial charge in [-0.15, -0.1) is 0 Å². The number of halogens is 1. The summed E-state index contributed by atoms with van der Waals surface area (Å²) in [5.41, 5.74) is 1.26. The summed E-state index contributed by atoms with van der Waals surface area (Å²) in [5, 5.41) is 11.5. The van der Waals surface area contributed by atoms with Gasteiger partial charge in [-0.1, -0.05) is 44.0 Å². The quantitative estimate of drug-likeness (QED) is 0.350. The molecule has 1 N–H and O–H groups in total. The predicted octanol–water partition coefficient (Wildman–Crippen LogP) is 5.35.